The first kappa shape index (κ1) is 28.0. The second-order valence-corrected chi connectivity index (χ2v) is 12.7. The lowest BCUT2D eigenvalue weighted by molar-refractivity contribution is 0.673. The number of benzene rings is 7. The highest BCUT2D eigenvalue weighted by Crippen LogP contribution is 2.50. The minimum absolute atomic E-state index is 0.339. The van der Waals surface area contributed by atoms with E-state index < -0.39 is 0 Å². The van der Waals surface area contributed by atoms with Gasteiger partial charge in [0.15, 0.2) is 0 Å². The number of para-hydroxylation sites is 2. The van der Waals surface area contributed by atoms with Crippen LogP contribution < -0.4 is 4.90 Å². The molecule has 0 spiro atoms. The second-order valence-electron chi connectivity index (χ2n) is 12.7. The Morgan fingerprint density at radius 1 is 0.540 bits per heavy atom. The molecule has 0 bridgehead atoms. The summed E-state index contributed by atoms with van der Waals surface area (Å²) in [6.07, 6.45) is 0. The average Bonchev–Trinajstić information content (AvgIpc) is 3.73. The molecular weight excluding hydrogens is 613 g/mol. The van der Waals surface area contributed by atoms with E-state index >= 15 is 0 Å². The highest BCUT2D eigenvalue weighted by Gasteiger charge is 2.28. The lowest BCUT2D eigenvalue weighted by Gasteiger charge is -2.33. The fourth-order valence-electron chi connectivity index (χ4n) is 7.89. The van der Waals surface area contributed by atoms with E-state index in [-0.39, 0.29) is 0 Å². The number of nitrogens with zero attached hydrogens (tertiary/aromatic N) is 4. The van der Waals surface area contributed by atoms with Gasteiger partial charge in [-0.3, -0.25) is 0 Å². The van der Waals surface area contributed by atoms with Crippen LogP contribution in [0.5, 0.6) is 0 Å². The standard InChI is InChI=1S/C45H26N4O/c46-25-30-23-37(28-11-3-1-4-12-28)41(24-31(30)26-47)49-38-18-10-9-17-36(38)43-40(49)22-20-35-34-19-21-39-42(44(34)50-45(35)43)33-16-8-7-13-29(33)27-48(39)32-14-5-2-6-15-32/h1-24H,27H2. The van der Waals surface area contributed by atoms with Crippen molar-refractivity contribution in [1.29, 1.82) is 10.5 Å². The number of nitriles is 2. The predicted molar refractivity (Wildman–Crippen MR) is 201 cm³/mol. The molecule has 0 fully saturated rings. The molecule has 0 radical (unpaired) electrons. The Labute approximate surface area is 287 Å². The summed E-state index contributed by atoms with van der Waals surface area (Å²) >= 11 is 0. The van der Waals surface area contributed by atoms with Gasteiger partial charge in [0.05, 0.1) is 38.9 Å². The van der Waals surface area contributed by atoms with Crippen LogP contribution in [-0.2, 0) is 6.54 Å². The molecule has 0 atom stereocenters. The first-order chi connectivity index (χ1) is 24.7. The van der Waals surface area contributed by atoms with Crippen molar-refractivity contribution in [3.8, 4) is 40.1 Å². The Hall–Kier alpha value is -7.08. The minimum atomic E-state index is 0.339. The van der Waals surface area contributed by atoms with Crippen LogP contribution in [0.4, 0.5) is 11.4 Å². The fraction of sp³-hybridized carbons (Fsp3) is 0.0222. The first-order valence-corrected chi connectivity index (χ1v) is 16.6. The molecule has 0 unspecified atom stereocenters. The zero-order valence-corrected chi connectivity index (χ0v) is 26.8. The van der Waals surface area contributed by atoms with Crippen LogP contribution in [0.3, 0.4) is 0 Å². The molecule has 7 aromatic carbocycles. The molecule has 0 amide bonds. The van der Waals surface area contributed by atoms with Crippen molar-refractivity contribution >= 4 is 55.1 Å². The van der Waals surface area contributed by atoms with Crippen molar-refractivity contribution in [2.24, 2.45) is 0 Å². The van der Waals surface area contributed by atoms with Gasteiger partial charge in [-0.1, -0.05) is 91.0 Å². The number of hydrogen-bond donors (Lipinski definition) is 0. The van der Waals surface area contributed by atoms with Crippen LogP contribution in [-0.4, -0.2) is 4.57 Å². The zero-order chi connectivity index (χ0) is 33.3. The quantitative estimate of drug-likeness (QED) is 0.193. The highest BCUT2D eigenvalue weighted by atomic mass is 16.3. The topological polar surface area (TPSA) is 68.9 Å². The molecule has 10 rings (SSSR count). The maximum Gasteiger partial charge on any atom is 0.145 e. The maximum absolute atomic E-state index is 10.1. The molecule has 0 saturated heterocycles. The third kappa shape index (κ3) is 3.92. The molecule has 0 aliphatic carbocycles. The summed E-state index contributed by atoms with van der Waals surface area (Å²) in [4.78, 5) is 2.37. The van der Waals surface area contributed by atoms with Gasteiger partial charge in [-0.2, -0.15) is 10.5 Å². The van der Waals surface area contributed by atoms with Gasteiger partial charge in [0.25, 0.3) is 0 Å². The van der Waals surface area contributed by atoms with Crippen molar-refractivity contribution < 1.29 is 4.42 Å². The Bertz CT molecular complexity index is 2920. The summed E-state index contributed by atoms with van der Waals surface area (Å²) in [5.41, 5.74) is 12.8. The Morgan fingerprint density at radius 2 is 1.22 bits per heavy atom. The zero-order valence-electron chi connectivity index (χ0n) is 26.8. The van der Waals surface area contributed by atoms with Crippen molar-refractivity contribution in [3.63, 3.8) is 0 Å². The van der Waals surface area contributed by atoms with E-state index in [1.807, 2.05) is 54.6 Å². The number of fused-ring (bicyclic) bond motifs is 11. The number of rotatable bonds is 3. The van der Waals surface area contributed by atoms with Crippen LogP contribution in [0.25, 0.3) is 71.7 Å². The summed E-state index contributed by atoms with van der Waals surface area (Å²) in [6.45, 7) is 0.773. The normalized spacial score (nSPS) is 12.2. The van der Waals surface area contributed by atoms with Crippen molar-refractivity contribution in [2.75, 3.05) is 4.90 Å². The predicted octanol–water partition coefficient (Wildman–Crippen LogP) is 11.4. The molecule has 232 valence electrons. The minimum Gasteiger partial charge on any atom is -0.455 e. The van der Waals surface area contributed by atoms with E-state index in [0.717, 1.165) is 84.0 Å². The van der Waals surface area contributed by atoms with Crippen LogP contribution in [0, 0.1) is 22.7 Å². The maximum atomic E-state index is 10.1. The van der Waals surface area contributed by atoms with Gasteiger partial charge in [0, 0.05) is 39.5 Å². The van der Waals surface area contributed by atoms with E-state index in [4.69, 9.17) is 4.42 Å². The first-order valence-electron chi connectivity index (χ1n) is 16.6. The third-order valence-electron chi connectivity index (χ3n) is 10.1. The molecule has 50 heavy (non-hydrogen) atoms. The Balaban J connectivity index is 1.31. The SMILES string of the molecule is N#Cc1cc(-c2ccccc2)c(-n2c3ccccc3c3c4oc5c6c(ccc5c4ccc32)N(c2ccccc2)Cc2ccccc2-6)cc1C#N. The third-order valence-corrected chi connectivity index (χ3v) is 10.1. The van der Waals surface area contributed by atoms with Gasteiger partial charge in [0.2, 0.25) is 0 Å². The monoisotopic (exact) mass is 638 g/mol. The van der Waals surface area contributed by atoms with E-state index in [2.05, 4.69) is 113 Å². The fourth-order valence-corrected chi connectivity index (χ4v) is 7.89. The van der Waals surface area contributed by atoms with E-state index in [1.54, 1.807) is 0 Å². The molecule has 9 aromatic rings. The molecule has 5 heteroatoms. The van der Waals surface area contributed by atoms with Crippen molar-refractivity contribution in [2.45, 2.75) is 6.54 Å². The molecule has 5 nitrogen and oxygen atoms in total. The lowest BCUT2D eigenvalue weighted by atomic mass is 9.91. The molecule has 0 N–H and O–H groups in total. The van der Waals surface area contributed by atoms with E-state index in [1.165, 1.54) is 11.1 Å². The van der Waals surface area contributed by atoms with Gasteiger partial charge in [0.1, 0.15) is 23.3 Å². The average molecular weight is 639 g/mol. The van der Waals surface area contributed by atoms with Gasteiger partial charge in [-0.05, 0) is 71.3 Å². The molecular formula is C45H26N4O. The number of anilines is 2. The largest absolute Gasteiger partial charge is 0.455 e. The van der Waals surface area contributed by atoms with Gasteiger partial charge in [-0.15, -0.1) is 0 Å². The summed E-state index contributed by atoms with van der Waals surface area (Å²) in [7, 11) is 0. The van der Waals surface area contributed by atoms with Crippen LogP contribution in [0.15, 0.2) is 150 Å². The van der Waals surface area contributed by atoms with Gasteiger partial charge in [-0.25, -0.2) is 0 Å². The molecule has 1 aliphatic rings. The summed E-state index contributed by atoms with van der Waals surface area (Å²) in [5.74, 6) is 0. The summed E-state index contributed by atoms with van der Waals surface area (Å²) in [5, 5.41) is 24.3. The van der Waals surface area contributed by atoms with Crippen LogP contribution in [0.2, 0.25) is 0 Å². The summed E-state index contributed by atoms with van der Waals surface area (Å²) in [6, 6.07) is 54.5. The van der Waals surface area contributed by atoms with Crippen LogP contribution >= 0.6 is 0 Å². The van der Waals surface area contributed by atoms with Crippen molar-refractivity contribution in [1.82, 2.24) is 4.57 Å². The smallest absolute Gasteiger partial charge is 0.145 e. The van der Waals surface area contributed by atoms with Crippen LogP contribution in [0.1, 0.15) is 16.7 Å². The number of aromatic nitrogens is 1. The number of hydrogen-bond acceptors (Lipinski definition) is 4. The Kier molecular flexibility index (Phi) is 6.00. The van der Waals surface area contributed by atoms with E-state index in [9.17, 15) is 10.5 Å². The Morgan fingerprint density at radius 3 is 2.04 bits per heavy atom. The highest BCUT2D eigenvalue weighted by molar-refractivity contribution is 6.25. The van der Waals surface area contributed by atoms with E-state index in [0.29, 0.717) is 11.1 Å². The summed E-state index contributed by atoms with van der Waals surface area (Å²) < 4.78 is 9.34. The molecule has 0 saturated carbocycles. The molecule has 3 heterocycles. The lowest BCUT2D eigenvalue weighted by Crippen LogP contribution is -2.21. The van der Waals surface area contributed by atoms with Gasteiger partial charge >= 0.3 is 0 Å². The second kappa shape index (κ2) is 10.7. The van der Waals surface area contributed by atoms with Crippen molar-refractivity contribution in [3.05, 3.63) is 162 Å². The molecule has 2 aromatic heterocycles. The van der Waals surface area contributed by atoms with Gasteiger partial charge < -0.3 is 13.9 Å². The number of furan rings is 1. The molecule has 1 aliphatic heterocycles.